The van der Waals surface area contributed by atoms with Crippen molar-refractivity contribution < 1.29 is 19.1 Å². The van der Waals surface area contributed by atoms with Gasteiger partial charge in [-0.25, -0.2) is 4.79 Å². The molecule has 2 amide bonds. The van der Waals surface area contributed by atoms with Gasteiger partial charge in [0, 0.05) is 30.6 Å². The number of nitrogens with zero attached hydrogens (tertiary/aromatic N) is 1. The van der Waals surface area contributed by atoms with E-state index in [1.807, 2.05) is 31.2 Å². The van der Waals surface area contributed by atoms with E-state index < -0.39 is 11.9 Å². The molecule has 0 radical (unpaired) electrons. The van der Waals surface area contributed by atoms with E-state index in [2.05, 4.69) is 5.32 Å². The quantitative estimate of drug-likeness (QED) is 0.911. The Morgan fingerprint density at radius 2 is 2.18 bits per heavy atom. The number of amides is 2. The topological polar surface area (TPSA) is 82.8 Å². The molecule has 0 bridgehead atoms. The third-order valence-electron chi connectivity index (χ3n) is 4.14. The van der Waals surface area contributed by atoms with Crippen molar-refractivity contribution in [3.8, 4) is 0 Å². The van der Waals surface area contributed by atoms with Gasteiger partial charge in [0.2, 0.25) is 0 Å². The molecular weight excluding hydrogens is 284 g/mol. The monoisotopic (exact) mass is 302 g/mol. The highest BCUT2D eigenvalue weighted by Gasteiger charge is 2.30. The van der Waals surface area contributed by atoms with E-state index in [0.717, 1.165) is 22.3 Å². The highest BCUT2D eigenvalue weighted by Crippen LogP contribution is 2.25. The molecule has 2 N–H and O–H groups in total. The van der Waals surface area contributed by atoms with Crippen LogP contribution in [0.1, 0.15) is 17.7 Å². The predicted octanol–water partition coefficient (Wildman–Crippen LogP) is 2.36. The summed E-state index contributed by atoms with van der Waals surface area (Å²) in [6.45, 7) is 2.99. The van der Waals surface area contributed by atoms with Crippen molar-refractivity contribution in [2.45, 2.75) is 19.9 Å². The SMILES string of the molecule is Cc1oc2ccccc2c1CNC(=O)N1CCC(C(=O)O)C1. The van der Waals surface area contributed by atoms with E-state index in [-0.39, 0.29) is 12.6 Å². The highest BCUT2D eigenvalue weighted by molar-refractivity contribution is 5.83. The van der Waals surface area contributed by atoms with Crippen LogP contribution in [0, 0.1) is 12.8 Å². The second-order valence-electron chi connectivity index (χ2n) is 5.56. The number of nitrogens with one attached hydrogen (secondary N) is 1. The van der Waals surface area contributed by atoms with E-state index in [1.54, 1.807) is 4.90 Å². The number of aliphatic carboxylic acids is 1. The molecule has 2 aromatic rings. The molecule has 1 unspecified atom stereocenters. The van der Waals surface area contributed by atoms with Crippen LogP contribution >= 0.6 is 0 Å². The zero-order chi connectivity index (χ0) is 15.7. The van der Waals surface area contributed by atoms with Gasteiger partial charge in [-0.2, -0.15) is 0 Å². The number of carbonyl (C=O) groups excluding carboxylic acids is 1. The van der Waals surface area contributed by atoms with Crippen molar-refractivity contribution in [3.05, 3.63) is 35.6 Å². The molecular formula is C16H18N2O4. The minimum absolute atomic E-state index is 0.228. The Bertz CT molecular complexity index is 722. The lowest BCUT2D eigenvalue weighted by atomic mass is 10.1. The maximum Gasteiger partial charge on any atom is 0.317 e. The summed E-state index contributed by atoms with van der Waals surface area (Å²) in [5.74, 6) is -0.513. The van der Waals surface area contributed by atoms with Gasteiger partial charge in [0.1, 0.15) is 11.3 Å². The van der Waals surface area contributed by atoms with Crippen LogP contribution in [-0.2, 0) is 11.3 Å². The summed E-state index contributed by atoms with van der Waals surface area (Å²) >= 11 is 0. The molecule has 1 aromatic carbocycles. The molecule has 3 rings (SSSR count). The Labute approximate surface area is 127 Å². The van der Waals surface area contributed by atoms with Crippen LogP contribution in [0.15, 0.2) is 28.7 Å². The van der Waals surface area contributed by atoms with Crippen LogP contribution in [-0.4, -0.2) is 35.1 Å². The van der Waals surface area contributed by atoms with Crippen molar-refractivity contribution in [2.75, 3.05) is 13.1 Å². The molecule has 2 heterocycles. The molecule has 1 atom stereocenters. The van der Waals surface area contributed by atoms with Gasteiger partial charge in [0.15, 0.2) is 0 Å². The number of carbonyl (C=O) groups is 2. The van der Waals surface area contributed by atoms with Crippen LogP contribution in [0.25, 0.3) is 11.0 Å². The molecule has 0 saturated carbocycles. The number of aryl methyl sites for hydroxylation is 1. The summed E-state index contributed by atoms with van der Waals surface area (Å²) in [4.78, 5) is 24.6. The fourth-order valence-corrected chi connectivity index (χ4v) is 2.86. The zero-order valence-corrected chi connectivity index (χ0v) is 12.3. The lowest BCUT2D eigenvalue weighted by molar-refractivity contribution is -0.141. The minimum Gasteiger partial charge on any atom is -0.481 e. The van der Waals surface area contributed by atoms with E-state index in [4.69, 9.17) is 9.52 Å². The van der Waals surface area contributed by atoms with Crippen LogP contribution < -0.4 is 5.32 Å². The van der Waals surface area contributed by atoms with Gasteiger partial charge < -0.3 is 19.7 Å². The first kappa shape index (κ1) is 14.4. The number of rotatable bonds is 3. The number of benzene rings is 1. The van der Waals surface area contributed by atoms with Gasteiger partial charge in [0.05, 0.1) is 5.92 Å². The number of fused-ring (bicyclic) bond motifs is 1. The summed E-state index contributed by atoms with van der Waals surface area (Å²) in [5, 5.41) is 12.8. The molecule has 1 aliphatic rings. The Morgan fingerprint density at radius 3 is 2.91 bits per heavy atom. The third-order valence-corrected chi connectivity index (χ3v) is 4.14. The van der Waals surface area contributed by atoms with Crippen molar-refractivity contribution >= 4 is 23.0 Å². The fraction of sp³-hybridized carbons (Fsp3) is 0.375. The maximum atomic E-state index is 12.1. The summed E-state index contributed by atoms with van der Waals surface area (Å²) in [6, 6.07) is 7.47. The predicted molar refractivity (Wildman–Crippen MR) is 80.5 cm³/mol. The van der Waals surface area contributed by atoms with Crippen LogP contribution in [0.4, 0.5) is 4.79 Å². The first-order chi connectivity index (χ1) is 10.6. The van der Waals surface area contributed by atoms with Crippen molar-refractivity contribution in [3.63, 3.8) is 0 Å². The summed E-state index contributed by atoms with van der Waals surface area (Å²) in [6.07, 6.45) is 0.510. The number of urea groups is 1. The number of likely N-dealkylation sites (tertiary alicyclic amines) is 1. The molecule has 6 heteroatoms. The van der Waals surface area contributed by atoms with E-state index in [9.17, 15) is 9.59 Å². The molecule has 0 spiro atoms. The molecule has 6 nitrogen and oxygen atoms in total. The van der Waals surface area contributed by atoms with E-state index in [0.29, 0.717) is 19.5 Å². The summed E-state index contributed by atoms with van der Waals surface area (Å²) in [7, 11) is 0. The van der Waals surface area contributed by atoms with Crippen LogP contribution in [0.5, 0.6) is 0 Å². The first-order valence-electron chi connectivity index (χ1n) is 7.29. The van der Waals surface area contributed by atoms with E-state index in [1.165, 1.54) is 0 Å². The van der Waals surface area contributed by atoms with Gasteiger partial charge in [-0.05, 0) is 19.4 Å². The number of carboxylic acids is 1. The largest absolute Gasteiger partial charge is 0.481 e. The van der Waals surface area contributed by atoms with Crippen molar-refractivity contribution in [2.24, 2.45) is 5.92 Å². The summed E-state index contributed by atoms with van der Waals surface area (Å²) in [5.41, 5.74) is 1.76. The first-order valence-corrected chi connectivity index (χ1v) is 7.29. The lowest BCUT2D eigenvalue weighted by Crippen LogP contribution is -2.38. The van der Waals surface area contributed by atoms with Crippen LogP contribution in [0.2, 0.25) is 0 Å². The van der Waals surface area contributed by atoms with Crippen molar-refractivity contribution in [1.29, 1.82) is 0 Å². The normalized spacial score (nSPS) is 17.9. The molecule has 1 fully saturated rings. The molecule has 116 valence electrons. The zero-order valence-electron chi connectivity index (χ0n) is 12.3. The average molecular weight is 302 g/mol. The molecule has 1 aliphatic heterocycles. The Hall–Kier alpha value is -2.50. The number of hydrogen-bond acceptors (Lipinski definition) is 3. The van der Waals surface area contributed by atoms with Crippen molar-refractivity contribution in [1.82, 2.24) is 10.2 Å². The maximum absolute atomic E-state index is 12.1. The Kier molecular flexibility index (Phi) is 3.75. The number of hydrogen-bond donors (Lipinski definition) is 2. The van der Waals surface area contributed by atoms with Gasteiger partial charge in [-0.15, -0.1) is 0 Å². The standard InChI is InChI=1S/C16H18N2O4/c1-10-13(12-4-2-3-5-14(12)22-10)8-17-16(21)18-7-6-11(9-18)15(19)20/h2-5,11H,6-9H2,1H3,(H,17,21)(H,19,20). The number of para-hydroxylation sites is 1. The number of carboxylic acid groups (broad SMARTS) is 1. The lowest BCUT2D eigenvalue weighted by Gasteiger charge is -2.16. The smallest absolute Gasteiger partial charge is 0.317 e. The van der Waals surface area contributed by atoms with Gasteiger partial charge in [-0.3, -0.25) is 4.79 Å². The van der Waals surface area contributed by atoms with E-state index >= 15 is 0 Å². The molecule has 1 aromatic heterocycles. The average Bonchev–Trinajstić information content (AvgIpc) is 3.09. The highest BCUT2D eigenvalue weighted by atomic mass is 16.4. The Balaban J connectivity index is 1.66. The van der Waals surface area contributed by atoms with Gasteiger partial charge in [-0.1, -0.05) is 18.2 Å². The second kappa shape index (κ2) is 5.71. The minimum atomic E-state index is -0.841. The molecule has 0 aliphatic carbocycles. The fourth-order valence-electron chi connectivity index (χ4n) is 2.86. The second-order valence-corrected chi connectivity index (χ2v) is 5.56. The molecule has 22 heavy (non-hydrogen) atoms. The Morgan fingerprint density at radius 1 is 1.41 bits per heavy atom. The molecule has 1 saturated heterocycles. The third kappa shape index (κ3) is 2.64. The van der Waals surface area contributed by atoms with Gasteiger partial charge in [0.25, 0.3) is 0 Å². The number of furan rings is 1. The van der Waals surface area contributed by atoms with Crippen LogP contribution in [0.3, 0.4) is 0 Å². The summed E-state index contributed by atoms with van der Waals surface area (Å²) < 4.78 is 5.66. The van der Waals surface area contributed by atoms with Gasteiger partial charge >= 0.3 is 12.0 Å².